The maximum absolute atomic E-state index is 11.8. The number of guanidine groups is 1. The third kappa shape index (κ3) is 8.48. The molecule has 0 aliphatic heterocycles. The number of carbonyl (C=O) groups is 1. The lowest BCUT2D eigenvalue weighted by atomic mass is 10.1. The van der Waals surface area contributed by atoms with Crippen LogP contribution in [-0.4, -0.2) is 31.5 Å². The zero-order chi connectivity index (χ0) is 19.5. The Morgan fingerprint density at radius 2 is 1.68 bits per heavy atom. The molecular weight excluding hydrogens is 487 g/mol. The summed E-state index contributed by atoms with van der Waals surface area (Å²) in [7, 11) is 0. The average Bonchev–Trinajstić information content (AvgIpc) is 2.67. The van der Waals surface area contributed by atoms with Crippen LogP contribution in [0.25, 0.3) is 0 Å². The van der Waals surface area contributed by atoms with E-state index in [1.54, 1.807) is 0 Å². The first kappa shape index (κ1) is 24.2. The lowest BCUT2D eigenvalue weighted by molar-refractivity contribution is 0.0956. The number of aliphatic imine (C=N–C) groups is 1. The predicted molar refractivity (Wildman–Crippen MR) is 128 cm³/mol. The highest BCUT2D eigenvalue weighted by molar-refractivity contribution is 14.0. The van der Waals surface area contributed by atoms with E-state index in [2.05, 4.69) is 27.0 Å². The molecular formula is C21H28ClIN4O. The average molecular weight is 515 g/mol. The van der Waals surface area contributed by atoms with Gasteiger partial charge in [0.25, 0.3) is 5.91 Å². The van der Waals surface area contributed by atoms with E-state index in [0.29, 0.717) is 18.7 Å². The fourth-order valence-electron chi connectivity index (χ4n) is 2.55. The fraction of sp³-hybridized carbons (Fsp3) is 0.333. The summed E-state index contributed by atoms with van der Waals surface area (Å²) in [5.41, 5.74) is 2.90. The van der Waals surface area contributed by atoms with E-state index < -0.39 is 0 Å². The highest BCUT2D eigenvalue weighted by Gasteiger charge is 2.04. The Bertz CT molecular complexity index is 765. The molecule has 2 aromatic carbocycles. The van der Waals surface area contributed by atoms with Gasteiger partial charge in [0.05, 0.1) is 6.54 Å². The first-order valence-electron chi connectivity index (χ1n) is 9.26. The van der Waals surface area contributed by atoms with Crippen molar-refractivity contribution in [2.75, 3.05) is 19.6 Å². The van der Waals surface area contributed by atoms with Crippen molar-refractivity contribution >= 4 is 47.4 Å². The van der Waals surface area contributed by atoms with Crippen molar-refractivity contribution in [2.24, 2.45) is 4.99 Å². The molecule has 7 heteroatoms. The first-order valence-corrected chi connectivity index (χ1v) is 9.64. The molecule has 0 aliphatic rings. The number of amides is 1. The minimum atomic E-state index is -0.0522. The van der Waals surface area contributed by atoms with Gasteiger partial charge in [0.1, 0.15) is 0 Å². The van der Waals surface area contributed by atoms with Crippen LogP contribution in [0.15, 0.2) is 53.5 Å². The van der Waals surface area contributed by atoms with Gasteiger partial charge in [-0.2, -0.15) is 0 Å². The van der Waals surface area contributed by atoms with Crippen molar-refractivity contribution in [1.29, 1.82) is 0 Å². The zero-order valence-corrected chi connectivity index (χ0v) is 19.4. The summed E-state index contributed by atoms with van der Waals surface area (Å²) < 4.78 is 0. The van der Waals surface area contributed by atoms with Gasteiger partial charge in [-0.15, -0.1) is 24.0 Å². The fourth-order valence-corrected chi connectivity index (χ4v) is 2.77. The summed E-state index contributed by atoms with van der Waals surface area (Å²) in [5.74, 6) is 0.718. The Labute approximate surface area is 189 Å². The largest absolute Gasteiger partial charge is 0.357 e. The summed E-state index contributed by atoms with van der Waals surface area (Å²) in [6, 6.07) is 15.4. The molecule has 2 aromatic rings. The summed E-state index contributed by atoms with van der Waals surface area (Å²) >= 11 is 6.02. The molecule has 0 radical (unpaired) electrons. The third-order valence-corrected chi connectivity index (χ3v) is 4.15. The van der Waals surface area contributed by atoms with Gasteiger partial charge in [0, 0.05) is 30.2 Å². The standard InChI is InChI=1S/C21H27ClN4O.HI/c1-3-23-20(27)18-10-8-17(9-11-18)15-26-21(24-4-2)25-13-12-16-6-5-7-19(22)14-16;/h5-11,14H,3-4,12-13,15H2,1-2H3,(H,23,27)(H2,24,25,26);1H. The highest BCUT2D eigenvalue weighted by atomic mass is 127. The van der Waals surface area contributed by atoms with Crippen LogP contribution in [0.2, 0.25) is 5.02 Å². The molecule has 0 atom stereocenters. The molecule has 0 bridgehead atoms. The van der Waals surface area contributed by atoms with Crippen LogP contribution < -0.4 is 16.0 Å². The molecule has 5 nitrogen and oxygen atoms in total. The number of hydrogen-bond acceptors (Lipinski definition) is 2. The van der Waals surface area contributed by atoms with Crippen molar-refractivity contribution in [3.05, 3.63) is 70.2 Å². The van der Waals surface area contributed by atoms with Crippen molar-refractivity contribution < 1.29 is 4.79 Å². The quantitative estimate of drug-likeness (QED) is 0.283. The van der Waals surface area contributed by atoms with Gasteiger partial charge in [-0.3, -0.25) is 4.79 Å². The number of nitrogens with one attached hydrogen (secondary N) is 3. The number of benzene rings is 2. The molecule has 0 unspecified atom stereocenters. The zero-order valence-electron chi connectivity index (χ0n) is 16.3. The van der Waals surface area contributed by atoms with Crippen molar-refractivity contribution in [3.63, 3.8) is 0 Å². The molecule has 0 saturated carbocycles. The van der Waals surface area contributed by atoms with Crippen molar-refractivity contribution in [1.82, 2.24) is 16.0 Å². The van der Waals surface area contributed by atoms with Crippen LogP contribution in [0.3, 0.4) is 0 Å². The number of nitrogens with zero attached hydrogens (tertiary/aromatic N) is 1. The van der Waals surface area contributed by atoms with Crippen molar-refractivity contribution in [2.45, 2.75) is 26.8 Å². The van der Waals surface area contributed by atoms with Crippen LogP contribution in [0.1, 0.15) is 35.3 Å². The van der Waals surface area contributed by atoms with E-state index in [9.17, 15) is 4.79 Å². The van der Waals surface area contributed by atoms with E-state index in [0.717, 1.165) is 36.1 Å². The SMILES string of the molecule is CCNC(=O)c1ccc(CN=C(NCC)NCCc2cccc(Cl)c2)cc1.I. The van der Waals surface area contributed by atoms with Crippen LogP contribution in [0, 0.1) is 0 Å². The second-order valence-corrected chi connectivity index (χ2v) is 6.49. The number of rotatable bonds is 8. The molecule has 28 heavy (non-hydrogen) atoms. The number of hydrogen-bond donors (Lipinski definition) is 3. The smallest absolute Gasteiger partial charge is 0.251 e. The molecule has 0 saturated heterocycles. The Kier molecular flexibility index (Phi) is 11.6. The van der Waals surface area contributed by atoms with Crippen LogP contribution >= 0.6 is 35.6 Å². The molecule has 0 heterocycles. The van der Waals surface area contributed by atoms with E-state index in [1.807, 2.05) is 56.3 Å². The summed E-state index contributed by atoms with van der Waals surface area (Å²) in [6.45, 7) is 6.67. The van der Waals surface area contributed by atoms with Crippen LogP contribution in [-0.2, 0) is 13.0 Å². The van der Waals surface area contributed by atoms with Crippen molar-refractivity contribution in [3.8, 4) is 0 Å². The maximum atomic E-state index is 11.8. The van der Waals surface area contributed by atoms with Gasteiger partial charge in [-0.1, -0.05) is 35.9 Å². The lowest BCUT2D eigenvalue weighted by Crippen LogP contribution is -2.38. The third-order valence-electron chi connectivity index (χ3n) is 3.91. The van der Waals surface area contributed by atoms with Crippen LogP contribution in [0.4, 0.5) is 0 Å². The molecule has 1 amide bonds. The Morgan fingerprint density at radius 3 is 2.32 bits per heavy atom. The normalized spacial score (nSPS) is 10.8. The summed E-state index contributed by atoms with van der Waals surface area (Å²) in [6.07, 6.45) is 0.867. The first-order chi connectivity index (χ1) is 13.1. The van der Waals surface area contributed by atoms with E-state index in [1.165, 1.54) is 5.56 Å². The molecule has 3 N–H and O–H groups in total. The van der Waals surface area contributed by atoms with Gasteiger partial charge < -0.3 is 16.0 Å². The summed E-state index contributed by atoms with van der Waals surface area (Å²) in [4.78, 5) is 16.4. The van der Waals surface area contributed by atoms with Gasteiger partial charge in [0.2, 0.25) is 0 Å². The monoisotopic (exact) mass is 514 g/mol. The Hall–Kier alpha value is -1.80. The van der Waals surface area contributed by atoms with E-state index in [-0.39, 0.29) is 29.9 Å². The van der Waals surface area contributed by atoms with Gasteiger partial charge in [0.15, 0.2) is 5.96 Å². The molecule has 0 fully saturated rings. The maximum Gasteiger partial charge on any atom is 0.251 e. The molecule has 0 aliphatic carbocycles. The minimum Gasteiger partial charge on any atom is -0.357 e. The van der Waals surface area contributed by atoms with Gasteiger partial charge in [-0.05, 0) is 55.7 Å². The molecule has 152 valence electrons. The highest BCUT2D eigenvalue weighted by Crippen LogP contribution is 2.10. The predicted octanol–water partition coefficient (Wildman–Crippen LogP) is 4.01. The lowest BCUT2D eigenvalue weighted by Gasteiger charge is -2.11. The molecule has 0 aromatic heterocycles. The second kappa shape index (κ2) is 13.4. The van der Waals surface area contributed by atoms with E-state index in [4.69, 9.17) is 11.6 Å². The van der Waals surface area contributed by atoms with E-state index >= 15 is 0 Å². The molecule has 2 rings (SSSR count). The molecule has 0 spiro atoms. The van der Waals surface area contributed by atoms with Gasteiger partial charge in [-0.25, -0.2) is 4.99 Å². The van der Waals surface area contributed by atoms with Crippen LogP contribution in [0.5, 0.6) is 0 Å². The Balaban J connectivity index is 0.00000392. The Morgan fingerprint density at radius 1 is 0.964 bits per heavy atom. The second-order valence-electron chi connectivity index (χ2n) is 6.06. The topological polar surface area (TPSA) is 65.5 Å². The number of carbonyl (C=O) groups excluding carboxylic acids is 1. The minimum absolute atomic E-state index is 0. The summed E-state index contributed by atoms with van der Waals surface area (Å²) in [5, 5.41) is 10.1. The van der Waals surface area contributed by atoms with Gasteiger partial charge >= 0.3 is 0 Å². The number of halogens is 2.